The van der Waals surface area contributed by atoms with Crippen molar-refractivity contribution in [2.45, 2.75) is 26.1 Å². The summed E-state index contributed by atoms with van der Waals surface area (Å²) in [6.07, 6.45) is -2.26. The Morgan fingerprint density at radius 1 is 1.04 bits per heavy atom. The van der Waals surface area contributed by atoms with E-state index >= 15 is 0 Å². The molecular formula is C17H13ClF3N3O. The predicted octanol–water partition coefficient (Wildman–Crippen LogP) is 5.15. The molecule has 0 aliphatic heterocycles. The Hall–Kier alpha value is -2.41. The molecule has 0 saturated carbocycles. The van der Waals surface area contributed by atoms with Crippen molar-refractivity contribution < 1.29 is 17.9 Å². The minimum absolute atomic E-state index is 0.0267. The van der Waals surface area contributed by atoms with Gasteiger partial charge in [0.05, 0.1) is 39.6 Å². The van der Waals surface area contributed by atoms with Crippen LogP contribution in [-0.2, 0) is 6.18 Å². The van der Waals surface area contributed by atoms with Crippen LogP contribution in [0.3, 0.4) is 0 Å². The summed E-state index contributed by atoms with van der Waals surface area (Å²) in [7, 11) is 0. The lowest BCUT2D eigenvalue weighted by Crippen LogP contribution is -2.07. The topological polar surface area (TPSA) is 47.9 Å². The minimum atomic E-state index is -4.49. The molecule has 3 aromatic rings. The number of ether oxygens (including phenoxy) is 1. The zero-order chi connectivity index (χ0) is 18.2. The summed E-state index contributed by atoms with van der Waals surface area (Å²) in [4.78, 5) is 12.5. The smallest absolute Gasteiger partial charge is 0.417 e. The molecule has 0 unspecified atom stereocenters. The molecule has 1 aromatic carbocycles. The fourth-order valence-corrected chi connectivity index (χ4v) is 2.52. The molecular weight excluding hydrogens is 355 g/mol. The number of fused-ring (bicyclic) bond motifs is 1. The molecule has 130 valence electrons. The second kappa shape index (κ2) is 6.48. The Balaban J connectivity index is 1.99. The third-order valence-electron chi connectivity index (χ3n) is 3.32. The van der Waals surface area contributed by atoms with Gasteiger partial charge in [-0.3, -0.25) is 4.98 Å². The molecule has 2 heterocycles. The Bertz CT molecular complexity index is 929. The molecule has 0 radical (unpaired) electrons. The van der Waals surface area contributed by atoms with E-state index < -0.39 is 11.7 Å². The first-order valence-electron chi connectivity index (χ1n) is 7.40. The Kier molecular flexibility index (Phi) is 4.51. The lowest BCUT2D eigenvalue weighted by atomic mass is 10.1. The van der Waals surface area contributed by atoms with Crippen molar-refractivity contribution >= 4 is 22.6 Å². The van der Waals surface area contributed by atoms with E-state index in [1.807, 2.05) is 13.8 Å². The highest BCUT2D eigenvalue weighted by molar-refractivity contribution is 6.33. The van der Waals surface area contributed by atoms with E-state index in [4.69, 9.17) is 16.3 Å². The first-order valence-corrected chi connectivity index (χ1v) is 7.78. The predicted molar refractivity (Wildman–Crippen MR) is 88.5 cm³/mol. The van der Waals surface area contributed by atoms with Crippen molar-refractivity contribution in [3.8, 4) is 17.1 Å². The van der Waals surface area contributed by atoms with Crippen LogP contribution in [0.5, 0.6) is 5.88 Å². The molecule has 0 spiro atoms. The summed E-state index contributed by atoms with van der Waals surface area (Å²) in [5.74, 6) is 0.404. The highest BCUT2D eigenvalue weighted by Gasteiger charge is 2.31. The Morgan fingerprint density at radius 3 is 2.44 bits per heavy atom. The molecule has 0 fully saturated rings. The van der Waals surface area contributed by atoms with Crippen molar-refractivity contribution in [1.82, 2.24) is 15.0 Å². The van der Waals surface area contributed by atoms with Crippen LogP contribution in [0.15, 0.2) is 36.7 Å². The number of benzene rings is 1. The van der Waals surface area contributed by atoms with Crippen molar-refractivity contribution in [2.75, 3.05) is 0 Å². The second-order valence-electron chi connectivity index (χ2n) is 5.63. The molecule has 0 atom stereocenters. The molecule has 2 aromatic heterocycles. The number of rotatable bonds is 3. The summed E-state index contributed by atoms with van der Waals surface area (Å²) in [6, 6.07) is 5.90. The van der Waals surface area contributed by atoms with Crippen LogP contribution in [0, 0.1) is 0 Å². The molecule has 25 heavy (non-hydrogen) atoms. The van der Waals surface area contributed by atoms with Gasteiger partial charge in [-0.25, -0.2) is 9.97 Å². The third kappa shape index (κ3) is 3.82. The van der Waals surface area contributed by atoms with E-state index in [1.165, 1.54) is 6.20 Å². The van der Waals surface area contributed by atoms with E-state index in [0.29, 0.717) is 22.5 Å². The Morgan fingerprint density at radius 2 is 1.80 bits per heavy atom. The van der Waals surface area contributed by atoms with Crippen LogP contribution in [0.25, 0.3) is 22.3 Å². The molecule has 3 rings (SSSR count). The molecule has 0 saturated heterocycles. The van der Waals surface area contributed by atoms with E-state index in [9.17, 15) is 13.2 Å². The largest absolute Gasteiger partial charge is 0.474 e. The van der Waals surface area contributed by atoms with Crippen LogP contribution in [0.1, 0.15) is 19.4 Å². The van der Waals surface area contributed by atoms with Gasteiger partial charge in [-0.2, -0.15) is 13.2 Å². The van der Waals surface area contributed by atoms with Gasteiger partial charge in [-0.15, -0.1) is 0 Å². The van der Waals surface area contributed by atoms with Gasteiger partial charge in [0, 0.05) is 11.8 Å². The normalized spacial score (nSPS) is 12.0. The van der Waals surface area contributed by atoms with Gasteiger partial charge < -0.3 is 4.74 Å². The monoisotopic (exact) mass is 367 g/mol. The zero-order valence-electron chi connectivity index (χ0n) is 13.3. The molecule has 0 N–H and O–H groups in total. The first kappa shape index (κ1) is 17.4. The molecule has 8 heteroatoms. The standard InChI is InChI=1S/C17H13ClF3N3O/c1-9(2)25-15-8-22-14-5-10(3-4-13(14)24-15)16-12(18)6-11(7-23-16)17(19,20)21/h3-9H,1-2H3. The molecule has 0 bridgehead atoms. The highest BCUT2D eigenvalue weighted by atomic mass is 35.5. The highest BCUT2D eigenvalue weighted by Crippen LogP contribution is 2.34. The number of alkyl halides is 3. The lowest BCUT2D eigenvalue weighted by Gasteiger charge is -2.10. The number of hydrogen-bond acceptors (Lipinski definition) is 4. The number of aromatic nitrogens is 3. The van der Waals surface area contributed by atoms with Crippen LogP contribution in [-0.4, -0.2) is 21.1 Å². The fourth-order valence-electron chi connectivity index (χ4n) is 2.24. The van der Waals surface area contributed by atoms with Crippen molar-refractivity contribution in [3.05, 3.63) is 47.2 Å². The summed E-state index contributed by atoms with van der Waals surface area (Å²) in [5.41, 5.74) is 1.08. The van der Waals surface area contributed by atoms with Gasteiger partial charge in [-0.05, 0) is 32.0 Å². The van der Waals surface area contributed by atoms with Crippen LogP contribution in [0.2, 0.25) is 5.02 Å². The summed E-state index contributed by atoms with van der Waals surface area (Å²) < 4.78 is 43.6. The van der Waals surface area contributed by atoms with Crippen molar-refractivity contribution in [1.29, 1.82) is 0 Å². The van der Waals surface area contributed by atoms with Gasteiger partial charge in [0.2, 0.25) is 5.88 Å². The molecule has 0 aliphatic rings. The first-order chi connectivity index (χ1) is 11.7. The van der Waals surface area contributed by atoms with Gasteiger partial charge >= 0.3 is 6.18 Å². The molecule has 0 aliphatic carbocycles. The second-order valence-corrected chi connectivity index (χ2v) is 6.04. The maximum Gasteiger partial charge on any atom is 0.417 e. The van der Waals surface area contributed by atoms with Crippen LogP contribution >= 0.6 is 11.6 Å². The maximum atomic E-state index is 12.7. The third-order valence-corrected chi connectivity index (χ3v) is 3.61. The van der Waals surface area contributed by atoms with Crippen molar-refractivity contribution in [2.24, 2.45) is 0 Å². The number of pyridine rings is 1. The lowest BCUT2D eigenvalue weighted by molar-refractivity contribution is -0.137. The molecule has 0 amide bonds. The number of nitrogens with zero attached hydrogens (tertiary/aromatic N) is 3. The summed E-state index contributed by atoms with van der Waals surface area (Å²) in [6.45, 7) is 3.76. The fraction of sp³-hybridized carbons (Fsp3) is 0.235. The number of halogens is 4. The quantitative estimate of drug-likeness (QED) is 0.642. The van der Waals surface area contributed by atoms with Gasteiger partial charge in [0.25, 0.3) is 0 Å². The number of hydrogen-bond donors (Lipinski definition) is 0. The van der Waals surface area contributed by atoms with Crippen molar-refractivity contribution in [3.63, 3.8) is 0 Å². The minimum Gasteiger partial charge on any atom is -0.474 e. The van der Waals surface area contributed by atoms with E-state index in [-0.39, 0.29) is 16.8 Å². The van der Waals surface area contributed by atoms with Crippen LogP contribution < -0.4 is 4.74 Å². The van der Waals surface area contributed by atoms with E-state index in [0.717, 1.165) is 12.3 Å². The van der Waals surface area contributed by atoms with E-state index in [2.05, 4.69) is 15.0 Å². The zero-order valence-corrected chi connectivity index (χ0v) is 14.1. The van der Waals surface area contributed by atoms with Gasteiger partial charge in [-0.1, -0.05) is 17.7 Å². The average Bonchev–Trinajstić information content (AvgIpc) is 2.53. The average molecular weight is 368 g/mol. The summed E-state index contributed by atoms with van der Waals surface area (Å²) >= 11 is 5.99. The van der Waals surface area contributed by atoms with Gasteiger partial charge in [0.15, 0.2) is 0 Å². The van der Waals surface area contributed by atoms with Crippen LogP contribution in [0.4, 0.5) is 13.2 Å². The maximum absolute atomic E-state index is 12.7. The van der Waals surface area contributed by atoms with E-state index in [1.54, 1.807) is 18.2 Å². The summed E-state index contributed by atoms with van der Waals surface area (Å²) in [5, 5.41) is -0.0816. The molecule has 4 nitrogen and oxygen atoms in total. The van der Waals surface area contributed by atoms with Gasteiger partial charge in [0.1, 0.15) is 0 Å². The Labute approximate surface area is 146 Å². The SMILES string of the molecule is CC(C)Oc1cnc2cc(-c3ncc(C(F)(F)F)cc3Cl)ccc2n1.